The smallest absolute Gasteiger partial charge is 0.280 e. The van der Waals surface area contributed by atoms with Crippen molar-refractivity contribution < 1.29 is 13.2 Å². The molecule has 0 atom stereocenters. The van der Waals surface area contributed by atoms with E-state index in [0.717, 1.165) is 11.1 Å². The van der Waals surface area contributed by atoms with Crippen LogP contribution >= 0.6 is 0 Å². The minimum absolute atomic E-state index is 0.112. The van der Waals surface area contributed by atoms with Gasteiger partial charge in [-0.3, -0.25) is 4.99 Å². The first-order chi connectivity index (χ1) is 10.0. The van der Waals surface area contributed by atoms with E-state index < -0.39 is 11.9 Å². The van der Waals surface area contributed by atoms with Crippen molar-refractivity contribution in [2.24, 2.45) is 4.99 Å². The summed E-state index contributed by atoms with van der Waals surface area (Å²) in [5.74, 6) is 0. The highest BCUT2D eigenvalue weighted by Gasteiger charge is 2.36. The second-order valence-corrected chi connectivity index (χ2v) is 4.68. The molecule has 1 nitrogen and oxygen atoms in total. The zero-order valence-corrected chi connectivity index (χ0v) is 11.7. The molecule has 2 aromatic rings. The number of alkyl halides is 3. The maximum Gasteiger partial charge on any atom is 0.433 e. The Labute approximate surface area is 122 Å². The van der Waals surface area contributed by atoms with Gasteiger partial charge in [-0.2, -0.15) is 13.2 Å². The van der Waals surface area contributed by atoms with Crippen molar-refractivity contribution in [1.29, 1.82) is 0 Å². The second-order valence-electron chi connectivity index (χ2n) is 4.68. The highest BCUT2D eigenvalue weighted by molar-refractivity contribution is 6.04. The van der Waals surface area contributed by atoms with Crippen LogP contribution in [0.25, 0.3) is 0 Å². The van der Waals surface area contributed by atoms with Crippen molar-refractivity contribution in [3.63, 3.8) is 0 Å². The van der Waals surface area contributed by atoms with Gasteiger partial charge in [-0.1, -0.05) is 54.6 Å². The Morgan fingerprint density at radius 1 is 0.905 bits per heavy atom. The minimum atomic E-state index is -4.42. The molecule has 0 aromatic heterocycles. The van der Waals surface area contributed by atoms with E-state index in [-0.39, 0.29) is 12.1 Å². The first-order valence-corrected chi connectivity index (χ1v) is 6.75. The molecule has 21 heavy (non-hydrogen) atoms. The molecular formula is C17H16F3N. The van der Waals surface area contributed by atoms with Gasteiger partial charge in [0, 0.05) is 12.1 Å². The molecule has 0 N–H and O–H groups in total. The van der Waals surface area contributed by atoms with Crippen LogP contribution in [-0.2, 0) is 6.42 Å². The zero-order valence-electron chi connectivity index (χ0n) is 11.7. The molecule has 2 rings (SSSR count). The molecule has 0 amide bonds. The summed E-state index contributed by atoms with van der Waals surface area (Å²) >= 11 is 0. The van der Waals surface area contributed by atoms with Crippen molar-refractivity contribution in [3.05, 3.63) is 71.3 Å². The van der Waals surface area contributed by atoms with E-state index in [9.17, 15) is 13.2 Å². The number of halogens is 3. The van der Waals surface area contributed by atoms with Crippen molar-refractivity contribution in [1.82, 2.24) is 0 Å². The summed E-state index contributed by atoms with van der Waals surface area (Å²) in [7, 11) is 0. The Hall–Kier alpha value is -2.10. The van der Waals surface area contributed by atoms with Gasteiger partial charge < -0.3 is 0 Å². The summed E-state index contributed by atoms with van der Waals surface area (Å²) < 4.78 is 38.7. The van der Waals surface area contributed by atoms with Crippen LogP contribution in [-0.4, -0.2) is 18.4 Å². The number of hydrogen-bond donors (Lipinski definition) is 0. The standard InChI is InChI=1S/C17H16F3N/c1-2-21-16(17(18,19)20)15-10-8-14(9-11-15)12-13-6-4-3-5-7-13/h3-11H,2,12H2,1H3/b21-16-. The summed E-state index contributed by atoms with van der Waals surface area (Å²) in [6, 6.07) is 16.2. The van der Waals surface area contributed by atoms with Gasteiger partial charge in [0.25, 0.3) is 0 Å². The summed E-state index contributed by atoms with van der Waals surface area (Å²) in [5.41, 5.74) is 1.41. The van der Waals surface area contributed by atoms with Crippen molar-refractivity contribution in [2.45, 2.75) is 19.5 Å². The summed E-state index contributed by atoms with van der Waals surface area (Å²) in [4.78, 5) is 3.57. The molecule has 0 heterocycles. The third kappa shape index (κ3) is 4.18. The average Bonchev–Trinajstić information content (AvgIpc) is 2.46. The van der Waals surface area contributed by atoms with Crippen molar-refractivity contribution in [3.8, 4) is 0 Å². The fourth-order valence-corrected chi connectivity index (χ4v) is 2.11. The first kappa shape index (κ1) is 15.3. The summed E-state index contributed by atoms with van der Waals surface area (Å²) in [6.45, 7) is 1.70. The van der Waals surface area contributed by atoms with Crippen molar-refractivity contribution in [2.75, 3.05) is 6.54 Å². The van der Waals surface area contributed by atoms with Gasteiger partial charge in [-0.25, -0.2) is 0 Å². The molecule has 0 bridgehead atoms. The molecular weight excluding hydrogens is 275 g/mol. The lowest BCUT2D eigenvalue weighted by molar-refractivity contribution is -0.0582. The van der Waals surface area contributed by atoms with E-state index in [4.69, 9.17) is 0 Å². The normalized spacial score (nSPS) is 12.5. The molecule has 0 fully saturated rings. The SMILES string of the molecule is CC/N=C(/c1ccc(Cc2ccccc2)cc1)C(F)(F)F. The molecule has 0 saturated carbocycles. The maximum atomic E-state index is 12.9. The van der Waals surface area contributed by atoms with E-state index in [0.29, 0.717) is 6.42 Å². The van der Waals surface area contributed by atoms with Crippen LogP contribution < -0.4 is 0 Å². The van der Waals surface area contributed by atoms with Crippen LogP contribution in [0.4, 0.5) is 13.2 Å². The Kier molecular flexibility index (Phi) is 4.78. The van der Waals surface area contributed by atoms with Crippen molar-refractivity contribution >= 4 is 5.71 Å². The monoisotopic (exact) mass is 291 g/mol. The third-order valence-corrected chi connectivity index (χ3v) is 3.06. The molecule has 0 aliphatic carbocycles. The largest absolute Gasteiger partial charge is 0.433 e. The summed E-state index contributed by atoms with van der Waals surface area (Å²) in [6.07, 6.45) is -3.72. The van der Waals surface area contributed by atoms with E-state index >= 15 is 0 Å². The number of benzene rings is 2. The average molecular weight is 291 g/mol. The maximum absolute atomic E-state index is 12.9. The van der Waals surface area contributed by atoms with Gasteiger partial charge in [0.1, 0.15) is 5.71 Å². The quantitative estimate of drug-likeness (QED) is 0.727. The Bertz CT molecular complexity index is 598. The lowest BCUT2D eigenvalue weighted by Crippen LogP contribution is -2.24. The third-order valence-electron chi connectivity index (χ3n) is 3.06. The number of hydrogen-bond acceptors (Lipinski definition) is 1. The van der Waals surface area contributed by atoms with E-state index in [1.165, 1.54) is 12.1 Å². The fourth-order valence-electron chi connectivity index (χ4n) is 2.11. The molecule has 0 unspecified atom stereocenters. The van der Waals surface area contributed by atoms with Gasteiger partial charge in [0.05, 0.1) is 0 Å². The molecule has 110 valence electrons. The topological polar surface area (TPSA) is 12.4 Å². The van der Waals surface area contributed by atoms with E-state index in [1.807, 2.05) is 30.3 Å². The molecule has 0 aliphatic heterocycles. The van der Waals surface area contributed by atoms with Crippen LogP contribution in [0.1, 0.15) is 23.6 Å². The lowest BCUT2D eigenvalue weighted by atomic mass is 10.0. The van der Waals surface area contributed by atoms with Crippen LogP contribution in [0.2, 0.25) is 0 Å². The van der Waals surface area contributed by atoms with Gasteiger partial charge in [-0.15, -0.1) is 0 Å². The highest BCUT2D eigenvalue weighted by atomic mass is 19.4. The zero-order chi connectivity index (χ0) is 15.3. The highest BCUT2D eigenvalue weighted by Crippen LogP contribution is 2.23. The fraction of sp³-hybridized carbons (Fsp3) is 0.235. The molecule has 0 aliphatic rings. The molecule has 0 saturated heterocycles. The molecule has 4 heteroatoms. The second kappa shape index (κ2) is 6.57. The molecule has 2 aromatic carbocycles. The molecule has 0 radical (unpaired) electrons. The van der Waals surface area contributed by atoms with E-state index in [2.05, 4.69) is 4.99 Å². The number of rotatable bonds is 4. The van der Waals surface area contributed by atoms with Crippen LogP contribution in [0.3, 0.4) is 0 Å². The number of nitrogens with zero attached hydrogens (tertiary/aromatic N) is 1. The van der Waals surface area contributed by atoms with Crippen LogP contribution in [0.15, 0.2) is 59.6 Å². The van der Waals surface area contributed by atoms with Gasteiger partial charge in [-0.05, 0) is 24.5 Å². The Morgan fingerprint density at radius 2 is 1.48 bits per heavy atom. The Balaban J connectivity index is 2.20. The minimum Gasteiger partial charge on any atom is -0.280 e. The molecule has 0 spiro atoms. The Morgan fingerprint density at radius 3 is 2.00 bits per heavy atom. The van der Waals surface area contributed by atoms with Gasteiger partial charge in [0.15, 0.2) is 0 Å². The van der Waals surface area contributed by atoms with Crippen LogP contribution in [0.5, 0.6) is 0 Å². The summed E-state index contributed by atoms with van der Waals surface area (Å²) in [5, 5.41) is 0. The van der Waals surface area contributed by atoms with Crippen LogP contribution in [0, 0.1) is 0 Å². The first-order valence-electron chi connectivity index (χ1n) is 6.75. The predicted molar refractivity (Wildman–Crippen MR) is 78.8 cm³/mol. The van der Waals surface area contributed by atoms with Gasteiger partial charge in [0.2, 0.25) is 0 Å². The van der Waals surface area contributed by atoms with Gasteiger partial charge >= 0.3 is 6.18 Å². The lowest BCUT2D eigenvalue weighted by Gasteiger charge is -2.11. The number of aliphatic imine (C=N–C) groups is 1. The predicted octanol–water partition coefficient (Wildman–Crippen LogP) is 4.65. The van der Waals surface area contributed by atoms with E-state index in [1.54, 1.807) is 19.1 Å².